The van der Waals surface area contributed by atoms with E-state index in [4.69, 9.17) is 11.3 Å². The summed E-state index contributed by atoms with van der Waals surface area (Å²) in [6.45, 7) is 0. The van der Waals surface area contributed by atoms with Crippen molar-refractivity contribution in [2.24, 2.45) is 0 Å². The summed E-state index contributed by atoms with van der Waals surface area (Å²) < 4.78 is 0. The normalized spacial score (nSPS) is 13.1. The predicted octanol–water partition coefficient (Wildman–Crippen LogP) is 1.11. The van der Waals surface area contributed by atoms with Gasteiger partial charge in [-0.2, -0.15) is 0 Å². The number of benzene rings is 1. The van der Waals surface area contributed by atoms with Crippen molar-refractivity contribution in [3.8, 4) is 12.3 Å². The Bertz CT molecular complexity index is 556. The van der Waals surface area contributed by atoms with Crippen LogP contribution in [0.4, 0.5) is 0 Å². The zero-order valence-corrected chi connectivity index (χ0v) is 10.6. The molecule has 0 radical (unpaired) electrons. The maximum Gasteiger partial charge on any atom is 0.343 e. The highest BCUT2D eigenvalue weighted by Gasteiger charge is 2.38. The van der Waals surface area contributed by atoms with Crippen LogP contribution in [-0.2, 0) is 9.63 Å². The highest BCUT2D eigenvalue weighted by molar-refractivity contribution is 8.00. The SMILES string of the molecule is C#CCSCC(=O)ON1C(=O)c2ccccc2C1=O. The minimum Gasteiger partial charge on any atom is -0.329 e. The lowest BCUT2D eigenvalue weighted by molar-refractivity contribution is -0.165. The first kappa shape index (κ1) is 13.2. The van der Waals surface area contributed by atoms with Gasteiger partial charge in [0, 0.05) is 0 Å². The summed E-state index contributed by atoms with van der Waals surface area (Å²) in [5.41, 5.74) is 0.466. The first-order valence-electron chi connectivity index (χ1n) is 5.35. The third-order valence-corrected chi connectivity index (χ3v) is 3.17. The molecule has 0 atom stereocenters. The van der Waals surface area contributed by atoms with Gasteiger partial charge < -0.3 is 4.84 Å². The molecule has 1 aromatic rings. The molecule has 0 aromatic heterocycles. The molecule has 5 nitrogen and oxygen atoms in total. The molecular formula is C13H9NO4S. The van der Waals surface area contributed by atoms with E-state index >= 15 is 0 Å². The van der Waals surface area contributed by atoms with Crippen LogP contribution in [0.1, 0.15) is 20.7 Å². The molecule has 0 saturated carbocycles. The second-order valence-electron chi connectivity index (χ2n) is 3.61. The van der Waals surface area contributed by atoms with Gasteiger partial charge in [0.15, 0.2) is 0 Å². The van der Waals surface area contributed by atoms with Crippen LogP contribution in [0.5, 0.6) is 0 Å². The monoisotopic (exact) mass is 275 g/mol. The van der Waals surface area contributed by atoms with Gasteiger partial charge in [0.2, 0.25) is 0 Å². The fourth-order valence-corrected chi connectivity index (χ4v) is 2.01. The van der Waals surface area contributed by atoms with Gasteiger partial charge in [0.25, 0.3) is 11.8 Å². The maximum atomic E-state index is 11.9. The van der Waals surface area contributed by atoms with Crippen molar-refractivity contribution >= 4 is 29.5 Å². The number of carbonyl (C=O) groups is 3. The van der Waals surface area contributed by atoms with Gasteiger partial charge in [0.1, 0.15) is 0 Å². The molecule has 0 saturated heterocycles. The molecule has 1 aromatic carbocycles. The van der Waals surface area contributed by atoms with Crippen LogP contribution in [-0.4, -0.2) is 34.4 Å². The number of hydrogen-bond donors (Lipinski definition) is 0. The quantitative estimate of drug-likeness (QED) is 0.468. The van der Waals surface area contributed by atoms with E-state index < -0.39 is 17.8 Å². The number of carbonyl (C=O) groups excluding carboxylic acids is 3. The molecule has 0 unspecified atom stereocenters. The number of fused-ring (bicyclic) bond motifs is 1. The summed E-state index contributed by atoms with van der Waals surface area (Å²) in [4.78, 5) is 40.0. The Balaban J connectivity index is 2.04. The van der Waals surface area contributed by atoms with Gasteiger partial charge in [-0.25, -0.2) is 4.79 Å². The molecule has 2 rings (SSSR count). The minimum absolute atomic E-state index is 0.0163. The highest BCUT2D eigenvalue weighted by atomic mass is 32.2. The molecule has 19 heavy (non-hydrogen) atoms. The van der Waals surface area contributed by atoms with Crippen molar-refractivity contribution in [1.82, 2.24) is 5.06 Å². The molecule has 0 aliphatic carbocycles. The summed E-state index contributed by atoms with van der Waals surface area (Å²) >= 11 is 1.17. The lowest BCUT2D eigenvalue weighted by Gasteiger charge is -2.12. The van der Waals surface area contributed by atoms with E-state index in [1.54, 1.807) is 12.1 Å². The fraction of sp³-hybridized carbons (Fsp3) is 0.154. The molecule has 1 aliphatic rings. The zero-order valence-electron chi connectivity index (χ0n) is 9.79. The lowest BCUT2D eigenvalue weighted by Crippen LogP contribution is -2.33. The standard InChI is InChI=1S/C13H9NO4S/c1-2-7-19-8-11(15)18-14-12(16)9-5-3-4-6-10(9)13(14)17/h1,3-6H,7-8H2. The van der Waals surface area contributed by atoms with Gasteiger partial charge in [-0.15, -0.1) is 18.2 Å². The Kier molecular flexibility index (Phi) is 3.88. The fourth-order valence-electron chi connectivity index (χ4n) is 1.57. The van der Waals surface area contributed by atoms with Crippen LogP contribution < -0.4 is 0 Å². The number of terminal acetylenes is 1. The van der Waals surface area contributed by atoms with E-state index in [9.17, 15) is 14.4 Å². The van der Waals surface area contributed by atoms with Crippen LogP contribution in [0.2, 0.25) is 0 Å². The van der Waals surface area contributed by atoms with Crippen molar-refractivity contribution in [3.63, 3.8) is 0 Å². The number of nitrogens with zero attached hydrogens (tertiary/aromatic N) is 1. The Morgan fingerprint density at radius 1 is 1.26 bits per heavy atom. The van der Waals surface area contributed by atoms with Crippen LogP contribution in [0.15, 0.2) is 24.3 Å². The second-order valence-corrected chi connectivity index (χ2v) is 4.60. The third-order valence-electron chi connectivity index (χ3n) is 2.36. The van der Waals surface area contributed by atoms with Crippen molar-refractivity contribution in [3.05, 3.63) is 35.4 Å². The van der Waals surface area contributed by atoms with Crippen LogP contribution >= 0.6 is 11.8 Å². The van der Waals surface area contributed by atoms with E-state index in [1.165, 1.54) is 23.9 Å². The lowest BCUT2D eigenvalue weighted by atomic mass is 10.1. The Morgan fingerprint density at radius 2 is 1.84 bits per heavy atom. The van der Waals surface area contributed by atoms with Crippen molar-refractivity contribution in [1.29, 1.82) is 0 Å². The topological polar surface area (TPSA) is 63.7 Å². The van der Waals surface area contributed by atoms with Gasteiger partial charge in [-0.05, 0) is 12.1 Å². The molecular weight excluding hydrogens is 266 g/mol. The van der Waals surface area contributed by atoms with Crippen LogP contribution in [0.25, 0.3) is 0 Å². The first-order chi connectivity index (χ1) is 9.15. The maximum absolute atomic E-state index is 11.9. The molecule has 1 heterocycles. The van der Waals surface area contributed by atoms with Gasteiger partial charge in [0.05, 0.1) is 22.6 Å². The molecule has 1 aliphatic heterocycles. The van der Waals surface area contributed by atoms with E-state index in [0.29, 0.717) is 10.8 Å². The molecule has 6 heteroatoms. The molecule has 0 bridgehead atoms. The molecule has 0 spiro atoms. The Hall–Kier alpha value is -2.26. The van der Waals surface area contributed by atoms with Gasteiger partial charge in [-0.3, -0.25) is 9.59 Å². The minimum atomic E-state index is -0.685. The van der Waals surface area contributed by atoms with E-state index in [1.807, 2.05) is 0 Å². The summed E-state index contributed by atoms with van der Waals surface area (Å²) in [7, 11) is 0. The number of rotatable bonds is 4. The van der Waals surface area contributed by atoms with Crippen molar-refractivity contribution < 1.29 is 19.2 Å². The first-order valence-corrected chi connectivity index (χ1v) is 6.50. The predicted molar refractivity (Wildman–Crippen MR) is 69.2 cm³/mol. The molecule has 96 valence electrons. The smallest absolute Gasteiger partial charge is 0.329 e. The summed E-state index contributed by atoms with van der Waals surface area (Å²) in [5.74, 6) is 0.755. The molecule has 0 fully saturated rings. The summed E-state index contributed by atoms with van der Waals surface area (Å²) in [5, 5.41) is 0.490. The van der Waals surface area contributed by atoms with Crippen LogP contribution in [0, 0.1) is 12.3 Å². The van der Waals surface area contributed by atoms with E-state index in [0.717, 1.165) is 0 Å². The van der Waals surface area contributed by atoms with Gasteiger partial charge in [-0.1, -0.05) is 23.1 Å². The van der Waals surface area contributed by atoms with E-state index in [2.05, 4.69) is 5.92 Å². The average Bonchev–Trinajstić information content (AvgIpc) is 2.65. The van der Waals surface area contributed by atoms with E-state index in [-0.39, 0.29) is 16.9 Å². The van der Waals surface area contributed by atoms with Crippen molar-refractivity contribution in [2.75, 3.05) is 11.5 Å². The Labute approximate surface area is 113 Å². The number of hydroxylamine groups is 2. The molecule has 0 N–H and O–H groups in total. The average molecular weight is 275 g/mol. The third kappa shape index (κ3) is 2.61. The highest BCUT2D eigenvalue weighted by Crippen LogP contribution is 2.22. The van der Waals surface area contributed by atoms with Crippen LogP contribution in [0.3, 0.4) is 0 Å². The number of thioether (sulfide) groups is 1. The second kappa shape index (κ2) is 5.59. The molecule has 2 amide bonds. The summed E-state index contributed by atoms with van der Waals surface area (Å²) in [6.07, 6.45) is 5.04. The number of hydrogen-bond acceptors (Lipinski definition) is 5. The van der Waals surface area contributed by atoms with Gasteiger partial charge >= 0.3 is 5.97 Å². The Morgan fingerprint density at radius 3 is 2.37 bits per heavy atom. The largest absolute Gasteiger partial charge is 0.343 e. The zero-order chi connectivity index (χ0) is 13.8. The number of imide groups is 1. The summed E-state index contributed by atoms with van der Waals surface area (Å²) in [6, 6.07) is 6.29. The number of amides is 2. The van der Waals surface area contributed by atoms with Crippen molar-refractivity contribution in [2.45, 2.75) is 0 Å².